The van der Waals surface area contributed by atoms with Crippen LogP contribution in [0.25, 0.3) is 0 Å². The molecule has 8 heteroatoms. The first-order valence-electron chi connectivity index (χ1n) is 6.81. The van der Waals surface area contributed by atoms with Crippen molar-refractivity contribution < 1.29 is 8.42 Å². The van der Waals surface area contributed by atoms with Crippen molar-refractivity contribution in [1.82, 2.24) is 9.62 Å². The van der Waals surface area contributed by atoms with Gasteiger partial charge in [-0.2, -0.15) is 12.7 Å². The Hall–Kier alpha value is -0.340. The van der Waals surface area contributed by atoms with Gasteiger partial charge in [0.15, 0.2) is 0 Å². The molecule has 0 bridgehead atoms. The van der Waals surface area contributed by atoms with Crippen molar-refractivity contribution in [3.8, 4) is 0 Å². The van der Waals surface area contributed by atoms with Crippen molar-refractivity contribution in [2.45, 2.75) is 25.3 Å². The molecule has 0 radical (unpaired) electrons. The van der Waals surface area contributed by atoms with E-state index in [4.69, 9.17) is 11.6 Å². The van der Waals surface area contributed by atoms with Gasteiger partial charge in [0.2, 0.25) is 0 Å². The molecule has 1 aliphatic rings. The minimum Gasteiger partial charge on any atom is -0.314 e. The second-order valence-corrected chi connectivity index (χ2v) is 8.20. The van der Waals surface area contributed by atoms with Gasteiger partial charge in [0.1, 0.15) is 0 Å². The van der Waals surface area contributed by atoms with Crippen molar-refractivity contribution in [2.75, 3.05) is 24.9 Å². The number of hydrogen-bond acceptors (Lipinski definition) is 3. The van der Waals surface area contributed by atoms with Gasteiger partial charge >= 0.3 is 10.2 Å². The second kappa shape index (κ2) is 7.28. The molecular weight excluding hydrogens is 378 g/mol. The number of anilines is 1. The van der Waals surface area contributed by atoms with Crippen molar-refractivity contribution in [3.63, 3.8) is 0 Å². The lowest BCUT2D eigenvalue weighted by molar-refractivity contribution is 0.458. The molecule has 0 aromatic heterocycles. The normalized spacial score (nSPS) is 15.4. The lowest BCUT2D eigenvalue weighted by atomic mass is 10.3. The van der Waals surface area contributed by atoms with Crippen LogP contribution >= 0.6 is 27.5 Å². The zero-order valence-electron chi connectivity index (χ0n) is 11.8. The summed E-state index contributed by atoms with van der Waals surface area (Å²) < 4.78 is 28.9. The molecule has 0 spiro atoms. The van der Waals surface area contributed by atoms with Crippen LogP contribution in [-0.2, 0) is 10.2 Å². The molecule has 0 saturated heterocycles. The first-order chi connectivity index (χ1) is 9.88. The number of hydrogen-bond donors (Lipinski definition) is 2. The van der Waals surface area contributed by atoms with Gasteiger partial charge in [0.05, 0.1) is 5.69 Å². The molecule has 0 aliphatic heterocycles. The molecular formula is C13H19BrClN3O2S. The summed E-state index contributed by atoms with van der Waals surface area (Å²) in [6.07, 6.45) is 3.26. The summed E-state index contributed by atoms with van der Waals surface area (Å²) >= 11 is 9.14. The average Bonchev–Trinajstić information content (AvgIpc) is 3.22. The third-order valence-corrected chi connectivity index (χ3v) is 5.61. The summed E-state index contributed by atoms with van der Waals surface area (Å²) in [4.78, 5) is 0. The van der Waals surface area contributed by atoms with E-state index in [2.05, 4.69) is 26.0 Å². The van der Waals surface area contributed by atoms with E-state index in [1.54, 1.807) is 25.2 Å². The highest BCUT2D eigenvalue weighted by Crippen LogP contribution is 2.27. The van der Waals surface area contributed by atoms with E-state index < -0.39 is 10.2 Å². The highest BCUT2D eigenvalue weighted by Gasteiger charge is 2.21. The molecule has 5 nitrogen and oxygen atoms in total. The Bertz CT molecular complexity index is 593. The summed E-state index contributed by atoms with van der Waals surface area (Å²) in [6.45, 7) is 1.31. The molecule has 118 valence electrons. The minimum absolute atomic E-state index is 0.472. The van der Waals surface area contributed by atoms with Crippen LogP contribution in [0, 0.1) is 0 Å². The molecule has 1 fully saturated rings. The Kier molecular flexibility index (Phi) is 5.90. The van der Waals surface area contributed by atoms with Crippen LogP contribution in [0.2, 0.25) is 5.02 Å². The molecule has 1 aromatic carbocycles. The molecule has 0 heterocycles. The summed E-state index contributed by atoms with van der Waals surface area (Å²) in [5.74, 6) is 0. The summed E-state index contributed by atoms with van der Waals surface area (Å²) in [5, 5.41) is 3.91. The summed E-state index contributed by atoms with van der Waals surface area (Å²) in [5.41, 5.74) is 0.474. The first-order valence-corrected chi connectivity index (χ1v) is 9.42. The van der Waals surface area contributed by atoms with E-state index in [1.807, 2.05) is 0 Å². The van der Waals surface area contributed by atoms with Crippen LogP contribution in [0.15, 0.2) is 22.7 Å². The van der Waals surface area contributed by atoms with Gasteiger partial charge in [-0.3, -0.25) is 4.72 Å². The monoisotopic (exact) mass is 395 g/mol. The van der Waals surface area contributed by atoms with Crippen molar-refractivity contribution >= 4 is 43.4 Å². The molecule has 1 aliphatic carbocycles. The van der Waals surface area contributed by atoms with Crippen LogP contribution in [0.1, 0.15) is 19.3 Å². The molecule has 1 saturated carbocycles. The Morgan fingerprint density at radius 2 is 2.14 bits per heavy atom. The van der Waals surface area contributed by atoms with Crippen LogP contribution in [0.4, 0.5) is 5.69 Å². The minimum atomic E-state index is -3.55. The van der Waals surface area contributed by atoms with Crippen LogP contribution in [0.3, 0.4) is 0 Å². The predicted molar refractivity (Wildman–Crippen MR) is 90.0 cm³/mol. The van der Waals surface area contributed by atoms with Crippen molar-refractivity contribution in [1.29, 1.82) is 0 Å². The van der Waals surface area contributed by atoms with Crippen LogP contribution in [-0.4, -0.2) is 38.9 Å². The van der Waals surface area contributed by atoms with Gasteiger partial charge in [0.25, 0.3) is 0 Å². The summed E-state index contributed by atoms with van der Waals surface area (Å²) in [7, 11) is -1.98. The lowest BCUT2D eigenvalue weighted by Crippen LogP contribution is -2.34. The SMILES string of the molecule is CN(CCCNC1CC1)S(=O)(=O)Nc1ccc(Cl)cc1Br. The van der Waals surface area contributed by atoms with Crippen LogP contribution in [0.5, 0.6) is 0 Å². The fourth-order valence-corrected chi connectivity index (χ4v) is 3.70. The Balaban J connectivity index is 1.86. The first kappa shape index (κ1) is 17.0. The number of benzene rings is 1. The number of nitrogens with one attached hydrogen (secondary N) is 2. The molecule has 0 amide bonds. The van der Waals surface area contributed by atoms with E-state index >= 15 is 0 Å². The Morgan fingerprint density at radius 3 is 2.76 bits per heavy atom. The van der Waals surface area contributed by atoms with E-state index in [-0.39, 0.29) is 0 Å². The van der Waals surface area contributed by atoms with Gasteiger partial charge in [-0.05, 0) is 59.9 Å². The molecule has 1 aromatic rings. The Morgan fingerprint density at radius 1 is 1.43 bits per heavy atom. The topological polar surface area (TPSA) is 61.4 Å². The predicted octanol–water partition coefficient (Wildman–Crippen LogP) is 2.83. The average molecular weight is 397 g/mol. The van der Waals surface area contributed by atoms with Gasteiger partial charge in [0, 0.05) is 29.1 Å². The molecule has 2 rings (SSSR count). The van der Waals surface area contributed by atoms with E-state index in [9.17, 15) is 8.42 Å². The van der Waals surface area contributed by atoms with Gasteiger partial charge in [-0.15, -0.1) is 0 Å². The zero-order chi connectivity index (χ0) is 15.5. The van der Waals surface area contributed by atoms with Crippen molar-refractivity contribution in [2.24, 2.45) is 0 Å². The van der Waals surface area contributed by atoms with E-state index in [0.29, 0.717) is 27.8 Å². The van der Waals surface area contributed by atoms with Gasteiger partial charge in [-0.1, -0.05) is 11.6 Å². The largest absolute Gasteiger partial charge is 0.314 e. The lowest BCUT2D eigenvalue weighted by Gasteiger charge is -2.19. The highest BCUT2D eigenvalue weighted by atomic mass is 79.9. The van der Waals surface area contributed by atoms with E-state index in [0.717, 1.165) is 13.0 Å². The zero-order valence-corrected chi connectivity index (χ0v) is 14.9. The maximum Gasteiger partial charge on any atom is 0.301 e. The number of rotatable bonds is 8. The van der Waals surface area contributed by atoms with Gasteiger partial charge < -0.3 is 5.32 Å². The molecule has 0 unspecified atom stereocenters. The smallest absolute Gasteiger partial charge is 0.301 e. The van der Waals surface area contributed by atoms with E-state index in [1.165, 1.54) is 17.1 Å². The highest BCUT2D eigenvalue weighted by molar-refractivity contribution is 9.10. The second-order valence-electron chi connectivity index (χ2n) is 5.13. The van der Waals surface area contributed by atoms with Crippen LogP contribution < -0.4 is 10.0 Å². The Labute approximate surface area is 139 Å². The maximum atomic E-state index is 12.2. The third kappa shape index (κ3) is 5.41. The standard InChI is InChI=1S/C13H19BrClN3O2S/c1-18(8-2-7-16-11-4-5-11)21(19,20)17-13-6-3-10(15)9-12(13)14/h3,6,9,11,16-17H,2,4-5,7-8H2,1H3. The fraction of sp³-hybridized carbons (Fsp3) is 0.538. The number of halogens is 2. The molecule has 0 atom stereocenters. The van der Waals surface area contributed by atoms with Gasteiger partial charge in [-0.25, -0.2) is 0 Å². The summed E-state index contributed by atoms with van der Waals surface area (Å²) in [6, 6.07) is 5.57. The number of nitrogens with zero attached hydrogens (tertiary/aromatic N) is 1. The molecule has 2 N–H and O–H groups in total. The third-order valence-electron chi connectivity index (χ3n) is 3.24. The fourth-order valence-electron chi connectivity index (χ4n) is 1.80. The maximum absolute atomic E-state index is 12.2. The quantitative estimate of drug-likeness (QED) is 0.664. The van der Waals surface area contributed by atoms with Crippen molar-refractivity contribution in [3.05, 3.63) is 27.7 Å². The molecule has 21 heavy (non-hydrogen) atoms.